The Morgan fingerprint density at radius 3 is 2.81 bits per heavy atom. The fourth-order valence-electron chi connectivity index (χ4n) is 1.32. The summed E-state index contributed by atoms with van der Waals surface area (Å²) in [5.41, 5.74) is 1.14. The van der Waals surface area contributed by atoms with E-state index >= 15 is 0 Å². The highest BCUT2D eigenvalue weighted by atomic mass is 32.1. The number of carboxylic acid groups (broad SMARTS) is 1. The molecule has 0 unspecified atom stereocenters. The van der Waals surface area contributed by atoms with Crippen molar-refractivity contribution >= 4 is 17.3 Å². The molecule has 16 heavy (non-hydrogen) atoms. The lowest BCUT2D eigenvalue weighted by Gasteiger charge is -2.22. The maximum absolute atomic E-state index is 10.9. The van der Waals surface area contributed by atoms with E-state index in [1.54, 1.807) is 0 Å². The number of hydrogen-bond acceptors (Lipinski definition) is 3. The number of nitrogens with one attached hydrogen (secondary N) is 1. The first kappa shape index (κ1) is 13.2. The summed E-state index contributed by atoms with van der Waals surface area (Å²) in [4.78, 5) is 11.3. The number of hydrogen-bond donors (Lipinski definition) is 2. The largest absolute Gasteiger partial charge is 0.477 e. The predicted octanol–water partition coefficient (Wildman–Crippen LogP) is 2.97. The van der Waals surface area contributed by atoms with Gasteiger partial charge in [-0.3, -0.25) is 0 Å². The van der Waals surface area contributed by atoms with E-state index in [2.05, 4.69) is 26.1 Å². The van der Waals surface area contributed by atoms with Crippen LogP contribution in [0.15, 0.2) is 11.4 Å². The lowest BCUT2D eigenvalue weighted by Crippen LogP contribution is -2.28. The third-order valence-corrected chi connectivity index (χ3v) is 3.76. The Labute approximate surface area is 100 Å². The van der Waals surface area contributed by atoms with Crippen LogP contribution in [0.4, 0.5) is 0 Å². The van der Waals surface area contributed by atoms with Crippen molar-refractivity contribution in [1.29, 1.82) is 0 Å². The molecular weight excluding hydrogens is 222 g/mol. The summed E-state index contributed by atoms with van der Waals surface area (Å²) in [6, 6.07) is 1.88. The average Bonchev–Trinajstić information content (AvgIpc) is 2.66. The molecule has 0 fully saturated rings. The van der Waals surface area contributed by atoms with Gasteiger partial charge in [-0.15, -0.1) is 11.3 Å². The molecule has 1 aromatic rings. The van der Waals surface area contributed by atoms with Gasteiger partial charge in [-0.05, 0) is 28.8 Å². The van der Waals surface area contributed by atoms with E-state index in [4.69, 9.17) is 5.11 Å². The molecule has 0 saturated carbocycles. The van der Waals surface area contributed by atoms with E-state index in [-0.39, 0.29) is 5.41 Å². The van der Waals surface area contributed by atoms with Crippen LogP contribution >= 0.6 is 11.3 Å². The van der Waals surface area contributed by atoms with Gasteiger partial charge in [0.05, 0.1) is 0 Å². The summed E-state index contributed by atoms with van der Waals surface area (Å²) >= 11 is 1.28. The summed E-state index contributed by atoms with van der Waals surface area (Å²) < 4.78 is 0. The van der Waals surface area contributed by atoms with Gasteiger partial charge in [0.2, 0.25) is 0 Å². The molecule has 0 aromatic carbocycles. The first-order valence-corrected chi connectivity index (χ1v) is 6.34. The molecule has 0 atom stereocenters. The van der Waals surface area contributed by atoms with Crippen LogP contribution in [0.5, 0.6) is 0 Å². The zero-order chi connectivity index (χ0) is 12.2. The van der Waals surface area contributed by atoms with Gasteiger partial charge in [0.1, 0.15) is 4.88 Å². The minimum atomic E-state index is -0.832. The first-order valence-electron chi connectivity index (χ1n) is 5.46. The van der Waals surface area contributed by atoms with Gasteiger partial charge in [-0.2, -0.15) is 0 Å². The zero-order valence-electron chi connectivity index (χ0n) is 10.0. The van der Waals surface area contributed by atoms with Crippen molar-refractivity contribution in [2.45, 2.75) is 33.7 Å². The van der Waals surface area contributed by atoms with Crippen LogP contribution in [0, 0.1) is 5.41 Å². The van der Waals surface area contributed by atoms with Crippen LogP contribution in [0.2, 0.25) is 0 Å². The SMILES string of the molecule is CCC(C)(C)CNCc1ccsc1C(=O)O. The van der Waals surface area contributed by atoms with Crippen molar-refractivity contribution in [3.63, 3.8) is 0 Å². The van der Waals surface area contributed by atoms with Crippen molar-refractivity contribution in [1.82, 2.24) is 5.32 Å². The monoisotopic (exact) mass is 241 g/mol. The molecule has 0 saturated heterocycles. The Morgan fingerprint density at radius 2 is 2.25 bits per heavy atom. The summed E-state index contributed by atoms with van der Waals surface area (Å²) in [6.45, 7) is 8.10. The number of carboxylic acids is 1. The Kier molecular flexibility index (Phi) is 4.50. The zero-order valence-corrected chi connectivity index (χ0v) is 10.9. The van der Waals surface area contributed by atoms with E-state index in [1.165, 1.54) is 11.3 Å². The molecular formula is C12H19NO2S. The topological polar surface area (TPSA) is 49.3 Å². The van der Waals surface area contributed by atoms with Gasteiger partial charge < -0.3 is 10.4 Å². The smallest absolute Gasteiger partial charge is 0.346 e. The number of rotatable bonds is 6. The second-order valence-electron chi connectivity index (χ2n) is 4.70. The van der Waals surface area contributed by atoms with Gasteiger partial charge in [0.25, 0.3) is 0 Å². The molecule has 1 heterocycles. The quantitative estimate of drug-likeness (QED) is 0.805. The van der Waals surface area contributed by atoms with Crippen molar-refractivity contribution in [2.24, 2.45) is 5.41 Å². The molecule has 0 spiro atoms. The predicted molar refractivity (Wildman–Crippen MR) is 67.1 cm³/mol. The first-order chi connectivity index (χ1) is 7.46. The van der Waals surface area contributed by atoms with Gasteiger partial charge in [-0.1, -0.05) is 20.8 Å². The standard InChI is InChI=1S/C12H19NO2S/c1-4-12(2,3)8-13-7-9-5-6-16-10(9)11(14)15/h5-6,13H,4,7-8H2,1-3H3,(H,14,15). The molecule has 1 aromatic heterocycles. The van der Waals surface area contributed by atoms with Gasteiger partial charge in [0, 0.05) is 13.1 Å². The summed E-state index contributed by atoms with van der Waals surface area (Å²) in [6.07, 6.45) is 1.11. The Morgan fingerprint density at radius 1 is 1.56 bits per heavy atom. The minimum absolute atomic E-state index is 0.263. The molecule has 1 rings (SSSR count). The molecule has 0 aliphatic carbocycles. The molecule has 0 amide bonds. The van der Waals surface area contributed by atoms with Crippen LogP contribution in [0.3, 0.4) is 0 Å². The number of carbonyl (C=O) groups is 1. The van der Waals surface area contributed by atoms with E-state index in [1.807, 2.05) is 11.4 Å². The highest BCUT2D eigenvalue weighted by Crippen LogP contribution is 2.19. The van der Waals surface area contributed by atoms with E-state index in [0.717, 1.165) is 18.5 Å². The van der Waals surface area contributed by atoms with Crippen LogP contribution in [0.1, 0.15) is 42.4 Å². The molecule has 0 aliphatic heterocycles. The second kappa shape index (κ2) is 5.46. The fourth-order valence-corrected chi connectivity index (χ4v) is 2.08. The lowest BCUT2D eigenvalue weighted by molar-refractivity contribution is 0.0701. The fraction of sp³-hybridized carbons (Fsp3) is 0.583. The highest BCUT2D eigenvalue weighted by molar-refractivity contribution is 7.12. The maximum Gasteiger partial charge on any atom is 0.346 e. The summed E-state index contributed by atoms with van der Waals surface area (Å²) in [5.74, 6) is -0.832. The number of thiophene rings is 1. The Bertz CT molecular complexity index is 358. The van der Waals surface area contributed by atoms with Crippen LogP contribution < -0.4 is 5.32 Å². The van der Waals surface area contributed by atoms with Crippen LogP contribution in [-0.2, 0) is 6.54 Å². The Hall–Kier alpha value is -0.870. The van der Waals surface area contributed by atoms with Gasteiger partial charge in [-0.25, -0.2) is 4.79 Å². The van der Waals surface area contributed by atoms with Crippen LogP contribution in [-0.4, -0.2) is 17.6 Å². The molecule has 0 aliphatic rings. The third kappa shape index (κ3) is 3.61. The molecule has 3 nitrogen and oxygen atoms in total. The van der Waals surface area contributed by atoms with Crippen molar-refractivity contribution in [2.75, 3.05) is 6.54 Å². The normalized spacial score (nSPS) is 11.7. The summed E-state index contributed by atoms with van der Waals surface area (Å²) in [5, 5.41) is 14.1. The van der Waals surface area contributed by atoms with Crippen LogP contribution in [0.25, 0.3) is 0 Å². The third-order valence-electron chi connectivity index (χ3n) is 2.82. The van der Waals surface area contributed by atoms with E-state index < -0.39 is 5.97 Å². The second-order valence-corrected chi connectivity index (χ2v) is 5.62. The molecule has 2 N–H and O–H groups in total. The van der Waals surface area contributed by atoms with Gasteiger partial charge in [0.15, 0.2) is 0 Å². The summed E-state index contributed by atoms with van der Waals surface area (Å²) in [7, 11) is 0. The van der Waals surface area contributed by atoms with Crippen molar-refractivity contribution in [3.8, 4) is 0 Å². The lowest BCUT2D eigenvalue weighted by atomic mass is 9.90. The molecule has 0 bridgehead atoms. The van der Waals surface area contributed by atoms with Crippen molar-refractivity contribution in [3.05, 3.63) is 21.9 Å². The molecule has 4 heteroatoms. The average molecular weight is 241 g/mol. The maximum atomic E-state index is 10.9. The van der Waals surface area contributed by atoms with E-state index in [0.29, 0.717) is 11.4 Å². The molecule has 90 valence electrons. The highest BCUT2D eigenvalue weighted by Gasteiger charge is 2.15. The van der Waals surface area contributed by atoms with Gasteiger partial charge >= 0.3 is 5.97 Å². The Balaban J connectivity index is 2.49. The van der Waals surface area contributed by atoms with E-state index in [9.17, 15) is 4.79 Å². The van der Waals surface area contributed by atoms with Crippen molar-refractivity contribution < 1.29 is 9.90 Å². The number of aromatic carboxylic acids is 1. The minimum Gasteiger partial charge on any atom is -0.477 e. The molecule has 0 radical (unpaired) electrons.